The van der Waals surface area contributed by atoms with Gasteiger partial charge in [0.25, 0.3) is 0 Å². The summed E-state index contributed by atoms with van der Waals surface area (Å²) >= 11 is 0. The van der Waals surface area contributed by atoms with E-state index in [1.807, 2.05) is 0 Å². The Balaban J connectivity index is 2.66. The van der Waals surface area contributed by atoms with Crippen molar-refractivity contribution in [2.75, 3.05) is 0 Å². The van der Waals surface area contributed by atoms with E-state index in [0.717, 1.165) is 0 Å². The Morgan fingerprint density at radius 1 is 1.38 bits per heavy atom. The van der Waals surface area contributed by atoms with Gasteiger partial charge in [-0.3, -0.25) is 4.98 Å². The van der Waals surface area contributed by atoms with Gasteiger partial charge in [-0.1, -0.05) is 0 Å². The van der Waals surface area contributed by atoms with E-state index in [9.17, 15) is 4.79 Å². The quantitative estimate of drug-likeness (QED) is 0.822. The molecule has 0 saturated heterocycles. The van der Waals surface area contributed by atoms with Crippen LogP contribution in [-0.4, -0.2) is 26.0 Å². The molecule has 0 radical (unpaired) electrons. The summed E-state index contributed by atoms with van der Waals surface area (Å²) in [6.07, 6.45) is 4.55. The van der Waals surface area contributed by atoms with Gasteiger partial charge in [-0.05, 0) is 19.1 Å². The minimum Gasteiger partial charge on any atom is -0.478 e. The van der Waals surface area contributed by atoms with Crippen LogP contribution in [-0.2, 0) is 0 Å². The van der Waals surface area contributed by atoms with E-state index in [1.165, 1.54) is 6.33 Å². The van der Waals surface area contributed by atoms with Crippen LogP contribution in [0.1, 0.15) is 16.1 Å². The van der Waals surface area contributed by atoms with Crippen molar-refractivity contribution in [2.45, 2.75) is 6.92 Å². The van der Waals surface area contributed by atoms with Crippen LogP contribution in [0.5, 0.6) is 0 Å². The lowest BCUT2D eigenvalue weighted by molar-refractivity contribution is 0.0696. The number of hydrogen-bond acceptors (Lipinski definition) is 4. The number of aryl methyl sites for hydroxylation is 1. The first-order chi connectivity index (χ1) is 7.70. The molecule has 80 valence electrons. The zero-order valence-electron chi connectivity index (χ0n) is 8.58. The van der Waals surface area contributed by atoms with Crippen LogP contribution in [0.3, 0.4) is 0 Å². The van der Waals surface area contributed by atoms with Crippen molar-refractivity contribution in [2.24, 2.45) is 0 Å². The average Bonchev–Trinajstić information content (AvgIpc) is 2.29. The van der Waals surface area contributed by atoms with Gasteiger partial charge < -0.3 is 5.11 Å². The van der Waals surface area contributed by atoms with Crippen LogP contribution in [0.15, 0.2) is 30.9 Å². The van der Waals surface area contributed by atoms with Crippen molar-refractivity contribution in [3.63, 3.8) is 0 Å². The highest BCUT2D eigenvalue weighted by atomic mass is 16.4. The van der Waals surface area contributed by atoms with Crippen LogP contribution >= 0.6 is 0 Å². The fourth-order valence-corrected chi connectivity index (χ4v) is 1.45. The number of carbonyl (C=O) groups is 1. The van der Waals surface area contributed by atoms with Crippen molar-refractivity contribution in [1.29, 1.82) is 0 Å². The van der Waals surface area contributed by atoms with Gasteiger partial charge in [0.1, 0.15) is 11.9 Å². The first-order valence-electron chi connectivity index (χ1n) is 4.65. The molecule has 2 aromatic rings. The molecule has 0 aliphatic heterocycles. The number of carboxylic acids is 1. The number of nitrogens with zero attached hydrogens (tertiary/aromatic N) is 3. The normalized spacial score (nSPS) is 10.1. The fraction of sp³-hybridized carbons (Fsp3) is 0.0909. The van der Waals surface area contributed by atoms with E-state index in [4.69, 9.17) is 5.11 Å². The average molecular weight is 215 g/mol. The standard InChI is InChI=1S/C11H9N3O2/c1-7-9(11(15)16)10(14-6-13-7)8-3-2-4-12-5-8/h2-6H,1H3,(H,15,16). The Labute approximate surface area is 91.8 Å². The molecule has 0 spiro atoms. The topological polar surface area (TPSA) is 76.0 Å². The van der Waals surface area contributed by atoms with Crippen LogP contribution in [0, 0.1) is 6.92 Å². The van der Waals surface area contributed by atoms with E-state index in [-0.39, 0.29) is 5.56 Å². The highest BCUT2D eigenvalue weighted by molar-refractivity contribution is 5.95. The summed E-state index contributed by atoms with van der Waals surface area (Å²) in [5, 5.41) is 9.11. The number of aromatic carboxylic acids is 1. The maximum atomic E-state index is 11.1. The third-order valence-corrected chi connectivity index (χ3v) is 2.19. The Morgan fingerprint density at radius 3 is 2.81 bits per heavy atom. The summed E-state index contributed by atoms with van der Waals surface area (Å²) in [6, 6.07) is 3.50. The van der Waals surface area contributed by atoms with E-state index in [1.54, 1.807) is 31.5 Å². The number of rotatable bonds is 2. The van der Waals surface area contributed by atoms with Gasteiger partial charge >= 0.3 is 5.97 Å². The zero-order chi connectivity index (χ0) is 11.5. The minimum absolute atomic E-state index is 0.121. The molecule has 5 nitrogen and oxygen atoms in total. The lowest BCUT2D eigenvalue weighted by Gasteiger charge is -2.06. The fourth-order valence-electron chi connectivity index (χ4n) is 1.45. The molecular formula is C11H9N3O2. The number of hydrogen-bond donors (Lipinski definition) is 1. The molecule has 0 fully saturated rings. The van der Waals surface area contributed by atoms with Crippen molar-refractivity contribution in [1.82, 2.24) is 15.0 Å². The van der Waals surface area contributed by atoms with Gasteiger partial charge in [0.15, 0.2) is 0 Å². The van der Waals surface area contributed by atoms with E-state index < -0.39 is 5.97 Å². The molecule has 0 aliphatic carbocycles. The predicted molar refractivity (Wildman–Crippen MR) is 57.0 cm³/mol. The molecule has 0 saturated carbocycles. The Hall–Kier alpha value is -2.30. The molecule has 0 unspecified atom stereocenters. The van der Waals surface area contributed by atoms with Crippen molar-refractivity contribution < 1.29 is 9.90 Å². The molecule has 0 aliphatic rings. The van der Waals surface area contributed by atoms with Gasteiger partial charge in [0.2, 0.25) is 0 Å². The largest absolute Gasteiger partial charge is 0.478 e. The monoisotopic (exact) mass is 215 g/mol. The summed E-state index contributed by atoms with van der Waals surface area (Å²) in [5.74, 6) is -1.03. The molecule has 0 aromatic carbocycles. The predicted octanol–water partition coefficient (Wildman–Crippen LogP) is 1.55. The molecule has 0 bridgehead atoms. The number of aromatic nitrogens is 3. The van der Waals surface area contributed by atoms with Gasteiger partial charge in [-0.25, -0.2) is 14.8 Å². The Morgan fingerprint density at radius 2 is 2.19 bits per heavy atom. The van der Waals surface area contributed by atoms with Gasteiger partial charge in [-0.15, -0.1) is 0 Å². The molecule has 0 amide bonds. The van der Waals surface area contributed by atoms with Gasteiger partial charge in [-0.2, -0.15) is 0 Å². The molecule has 0 atom stereocenters. The maximum absolute atomic E-state index is 11.1. The van der Waals surface area contributed by atoms with Crippen molar-refractivity contribution >= 4 is 5.97 Å². The third kappa shape index (κ3) is 1.75. The second kappa shape index (κ2) is 4.06. The first kappa shape index (κ1) is 10.2. The van der Waals surface area contributed by atoms with Crippen LogP contribution in [0.4, 0.5) is 0 Å². The Kier molecular flexibility index (Phi) is 2.59. The molecule has 5 heteroatoms. The summed E-state index contributed by atoms with van der Waals surface area (Å²) in [4.78, 5) is 22.9. The molecule has 2 rings (SSSR count). The highest BCUT2D eigenvalue weighted by Crippen LogP contribution is 2.21. The van der Waals surface area contributed by atoms with Crippen LogP contribution < -0.4 is 0 Å². The first-order valence-corrected chi connectivity index (χ1v) is 4.65. The molecule has 2 heterocycles. The summed E-state index contributed by atoms with van der Waals surface area (Å²) < 4.78 is 0. The summed E-state index contributed by atoms with van der Waals surface area (Å²) in [6.45, 7) is 1.64. The van der Waals surface area contributed by atoms with Gasteiger partial charge in [0.05, 0.1) is 11.4 Å². The minimum atomic E-state index is -1.03. The van der Waals surface area contributed by atoms with Crippen molar-refractivity contribution in [3.05, 3.63) is 42.1 Å². The molecule has 16 heavy (non-hydrogen) atoms. The third-order valence-electron chi connectivity index (χ3n) is 2.19. The molecular weight excluding hydrogens is 206 g/mol. The van der Waals surface area contributed by atoms with Gasteiger partial charge in [0, 0.05) is 18.0 Å². The molecule has 1 N–H and O–H groups in total. The van der Waals surface area contributed by atoms with E-state index in [0.29, 0.717) is 17.0 Å². The highest BCUT2D eigenvalue weighted by Gasteiger charge is 2.16. The number of pyridine rings is 1. The molecule has 2 aromatic heterocycles. The smallest absolute Gasteiger partial charge is 0.339 e. The summed E-state index contributed by atoms with van der Waals surface area (Å²) in [7, 11) is 0. The van der Waals surface area contributed by atoms with E-state index >= 15 is 0 Å². The lowest BCUT2D eigenvalue weighted by Crippen LogP contribution is -2.06. The van der Waals surface area contributed by atoms with Crippen LogP contribution in [0.2, 0.25) is 0 Å². The second-order valence-electron chi connectivity index (χ2n) is 3.23. The second-order valence-corrected chi connectivity index (χ2v) is 3.23. The van der Waals surface area contributed by atoms with Crippen molar-refractivity contribution in [3.8, 4) is 11.3 Å². The lowest BCUT2D eigenvalue weighted by atomic mass is 10.1. The SMILES string of the molecule is Cc1ncnc(-c2cccnc2)c1C(=O)O. The number of carboxylic acid groups (broad SMARTS) is 1. The maximum Gasteiger partial charge on any atom is 0.339 e. The van der Waals surface area contributed by atoms with Crippen LogP contribution in [0.25, 0.3) is 11.3 Å². The van der Waals surface area contributed by atoms with E-state index in [2.05, 4.69) is 15.0 Å². The Bertz CT molecular complexity index is 526. The zero-order valence-corrected chi connectivity index (χ0v) is 8.58. The summed E-state index contributed by atoms with van der Waals surface area (Å²) in [5.41, 5.74) is 1.63.